The molecule has 1 unspecified atom stereocenters. The normalized spacial score (nSPS) is 11.8. The molecule has 0 amide bonds. The fraction of sp³-hybridized carbons (Fsp3) is 0.417. The van der Waals surface area contributed by atoms with Gasteiger partial charge in [0.2, 0.25) is 0 Å². The van der Waals surface area contributed by atoms with E-state index in [1.54, 1.807) is 0 Å². The largest absolute Gasteiger partial charge is 0.493 e. The lowest BCUT2D eigenvalue weighted by molar-refractivity contribution is -0.150. The van der Waals surface area contributed by atoms with Crippen molar-refractivity contribution < 1.29 is 28.5 Å². The smallest absolute Gasteiger partial charge is 0.339 e. The molecule has 0 aliphatic carbocycles. The summed E-state index contributed by atoms with van der Waals surface area (Å²) in [6, 6.07) is 2.73. The number of ether oxygens (including phenoxy) is 3. The van der Waals surface area contributed by atoms with Crippen LogP contribution in [-0.4, -0.2) is 32.4 Å². The Bertz CT molecular complexity index is 433. The molecule has 0 aliphatic rings. The first-order valence-electron chi connectivity index (χ1n) is 5.15. The first-order valence-corrected chi connectivity index (χ1v) is 5.15. The van der Waals surface area contributed by atoms with Gasteiger partial charge < -0.3 is 19.3 Å². The lowest BCUT2D eigenvalue weighted by Crippen LogP contribution is -2.15. The Morgan fingerprint density at radius 1 is 1.28 bits per heavy atom. The number of alkyl halides is 1. The van der Waals surface area contributed by atoms with Crippen LogP contribution in [0.25, 0.3) is 0 Å². The van der Waals surface area contributed by atoms with Crippen molar-refractivity contribution in [2.24, 2.45) is 0 Å². The van der Waals surface area contributed by atoms with Gasteiger partial charge in [0.1, 0.15) is 6.67 Å². The van der Waals surface area contributed by atoms with Gasteiger partial charge in [-0.2, -0.15) is 0 Å². The van der Waals surface area contributed by atoms with Crippen LogP contribution in [0.4, 0.5) is 4.39 Å². The first-order chi connectivity index (χ1) is 8.58. The van der Waals surface area contributed by atoms with Crippen molar-refractivity contribution in [1.29, 1.82) is 0 Å². The Morgan fingerprint density at radius 2 is 1.83 bits per heavy atom. The van der Waals surface area contributed by atoms with E-state index < -0.39 is 18.7 Å². The van der Waals surface area contributed by atoms with E-state index in [2.05, 4.69) is 4.74 Å². The number of carbonyl (C=O) groups excluding carboxylic acids is 1. The van der Waals surface area contributed by atoms with Crippen molar-refractivity contribution in [2.75, 3.05) is 21.3 Å². The number of esters is 1. The number of halogens is 1. The molecule has 0 aliphatic heterocycles. The van der Waals surface area contributed by atoms with Crippen LogP contribution in [0.5, 0.6) is 11.5 Å². The predicted molar refractivity (Wildman–Crippen MR) is 61.3 cm³/mol. The first kappa shape index (κ1) is 14.2. The summed E-state index contributed by atoms with van der Waals surface area (Å²) in [7, 11) is 3.96. The Labute approximate surface area is 104 Å². The van der Waals surface area contributed by atoms with E-state index in [4.69, 9.17) is 9.47 Å². The van der Waals surface area contributed by atoms with Crippen molar-refractivity contribution in [3.8, 4) is 11.5 Å². The molecule has 100 valence electrons. The number of rotatable bonds is 5. The molecule has 0 aromatic heterocycles. The van der Waals surface area contributed by atoms with E-state index >= 15 is 0 Å². The van der Waals surface area contributed by atoms with Gasteiger partial charge >= 0.3 is 5.97 Å². The predicted octanol–water partition coefficient (Wildman–Crippen LogP) is 1.38. The average Bonchev–Trinajstić information content (AvgIpc) is 2.43. The monoisotopic (exact) mass is 258 g/mol. The molecule has 18 heavy (non-hydrogen) atoms. The quantitative estimate of drug-likeness (QED) is 0.808. The summed E-state index contributed by atoms with van der Waals surface area (Å²) in [4.78, 5) is 11.3. The summed E-state index contributed by atoms with van der Waals surface area (Å²) < 4.78 is 27.4. The maximum absolute atomic E-state index is 12.9. The van der Waals surface area contributed by atoms with Gasteiger partial charge in [0.25, 0.3) is 0 Å². The fourth-order valence-corrected chi connectivity index (χ4v) is 1.55. The molecule has 0 saturated heterocycles. The van der Waals surface area contributed by atoms with Gasteiger partial charge in [-0.25, -0.2) is 9.18 Å². The molecule has 0 fully saturated rings. The molecule has 1 atom stereocenters. The maximum Gasteiger partial charge on any atom is 0.339 e. The van der Waals surface area contributed by atoms with Crippen LogP contribution in [0.2, 0.25) is 0 Å². The highest BCUT2D eigenvalue weighted by atomic mass is 19.1. The van der Waals surface area contributed by atoms with Crippen molar-refractivity contribution in [3.63, 3.8) is 0 Å². The van der Waals surface area contributed by atoms with E-state index in [1.807, 2.05) is 0 Å². The second kappa shape index (κ2) is 6.20. The van der Waals surface area contributed by atoms with E-state index in [9.17, 15) is 14.3 Å². The molecule has 5 nitrogen and oxygen atoms in total. The summed E-state index contributed by atoms with van der Waals surface area (Å²) in [5.41, 5.74) is 0.243. The molecule has 1 aromatic rings. The number of hydrogen-bond donors (Lipinski definition) is 1. The third-order valence-corrected chi connectivity index (χ3v) is 2.51. The third-order valence-electron chi connectivity index (χ3n) is 2.51. The molecule has 0 radical (unpaired) electrons. The topological polar surface area (TPSA) is 65.0 Å². The number of methoxy groups -OCH3 is 3. The molecule has 0 saturated carbocycles. The summed E-state index contributed by atoms with van der Waals surface area (Å²) in [5, 5.41) is 9.75. The Kier molecular flexibility index (Phi) is 4.91. The molecular weight excluding hydrogens is 243 g/mol. The molecule has 0 bridgehead atoms. The third kappa shape index (κ3) is 2.70. The van der Waals surface area contributed by atoms with E-state index in [0.717, 1.165) is 7.11 Å². The molecule has 1 aromatic carbocycles. The number of carbonyl (C=O) groups is 1. The van der Waals surface area contributed by atoms with Crippen LogP contribution in [0.15, 0.2) is 12.1 Å². The van der Waals surface area contributed by atoms with Gasteiger partial charge in [-0.1, -0.05) is 0 Å². The minimum atomic E-state index is -1.56. The number of aliphatic hydroxyl groups excluding tert-OH is 1. The minimum absolute atomic E-state index is 0.0991. The van der Waals surface area contributed by atoms with Crippen LogP contribution in [0.3, 0.4) is 0 Å². The lowest BCUT2D eigenvalue weighted by atomic mass is 10.0. The standard InChI is InChI=1S/C12H15FO5/c1-16-9-4-7(6-13)8(5-10(9)17-2)11(14)12(15)18-3/h4-5,11,14H,6H2,1-3H3. The zero-order valence-corrected chi connectivity index (χ0v) is 10.4. The van der Waals surface area contributed by atoms with Crippen molar-refractivity contribution in [3.05, 3.63) is 23.3 Å². The van der Waals surface area contributed by atoms with Gasteiger partial charge in [0.05, 0.1) is 21.3 Å². The van der Waals surface area contributed by atoms with Gasteiger partial charge in [0.15, 0.2) is 17.6 Å². The highest BCUT2D eigenvalue weighted by Crippen LogP contribution is 2.34. The summed E-state index contributed by atoms with van der Waals surface area (Å²) in [6.07, 6.45) is -1.56. The maximum atomic E-state index is 12.9. The molecule has 6 heteroatoms. The molecule has 1 rings (SSSR count). The molecular formula is C12H15FO5. The number of benzene rings is 1. The Morgan fingerprint density at radius 3 is 2.28 bits per heavy atom. The second-order valence-corrected chi connectivity index (χ2v) is 3.47. The molecule has 0 spiro atoms. The highest BCUT2D eigenvalue weighted by Gasteiger charge is 2.23. The van der Waals surface area contributed by atoms with Gasteiger partial charge in [-0.05, 0) is 17.7 Å². The molecule has 0 heterocycles. The van der Waals surface area contributed by atoms with Crippen LogP contribution < -0.4 is 9.47 Å². The summed E-state index contributed by atoms with van der Waals surface area (Å²) in [5.74, 6) is -0.240. The number of aliphatic hydroxyl groups is 1. The minimum Gasteiger partial charge on any atom is -0.493 e. The number of hydrogen-bond acceptors (Lipinski definition) is 5. The van der Waals surface area contributed by atoms with Gasteiger partial charge in [-0.15, -0.1) is 0 Å². The average molecular weight is 258 g/mol. The SMILES string of the molecule is COC(=O)C(O)c1cc(OC)c(OC)cc1CF. The Hall–Kier alpha value is -1.82. The van der Waals surface area contributed by atoms with Gasteiger partial charge in [0, 0.05) is 5.56 Å². The summed E-state index contributed by atoms with van der Waals surface area (Å²) in [6.45, 7) is -0.844. The second-order valence-electron chi connectivity index (χ2n) is 3.47. The fourth-order valence-electron chi connectivity index (χ4n) is 1.55. The van der Waals surface area contributed by atoms with E-state index in [-0.39, 0.29) is 11.1 Å². The molecule has 1 N–H and O–H groups in total. The lowest BCUT2D eigenvalue weighted by Gasteiger charge is -2.16. The zero-order valence-electron chi connectivity index (χ0n) is 10.4. The van der Waals surface area contributed by atoms with Gasteiger partial charge in [-0.3, -0.25) is 0 Å². The Balaban J connectivity index is 3.29. The van der Waals surface area contributed by atoms with Crippen LogP contribution in [0.1, 0.15) is 17.2 Å². The van der Waals surface area contributed by atoms with Crippen molar-refractivity contribution >= 4 is 5.97 Å². The van der Waals surface area contributed by atoms with E-state index in [0.29, 0.717) is 11.5 Å². The van der Waals surface area contributed by atoms with Crippen LogP contribution >= 0.6 is 0 Å². The van der Waals surface area contributed by atoms with Crippen molar-refractivity contribution in [2.45, 2.75) is 12.8 Å². The van der Waals surface area contributed by atoms with Crippen molar-refractivity contribution in [1.82, 2.24) is 0 Å². The van der Waals surface area contributed by atoms with Crippen LogP contribution in [0, 0.1) is 0 Å². The highest BCUT2D eigenvalue weighted by molar-refractivity contribution is 5.77. The summed E-state index contributed by atoms with van der Waals surface area (Å²) >= 11 is 0. The zero-order chi connectivity index (χ0) is 13.7. The van der Waals surface area contributed by atoms with Crippen LogP contribution in [-0.2, 0) is 16.2 Å². The van der Waals surface area contributed by atoms with E-state index in [1.165, 1.54) is 26.4 Å².